The van der Waals surface area contributed by atoms with Gasteiger partial charge in [-0.25, -0.2) is 0 Å². The van der Waals surface area contributed by atoms with Crippen molar-refractivity contribution in [3.8, 4) is 23.0 Å². The standard InChI is InChI=1S/C29H26O4/c30-24-9-1-20(2-10-24)28(21-3-11-25(31)12-4-21)17-18-29(19-28,22-5-13-26(32)14-6-22)23-7-15-27(33)16-8-23/h1-16,30-33H,17-19H2. The molecule has 0 aliphatic heterocycles. The molecule has 4 nitrogen and oxygen atoms in total. The van der Waals surface area contributed by atoms with Crippen LogP contribution in [0.5, 0.6) is 23.0 Å². The van der Waals surface area contributed by atoms with Crippen molar-refractivity contribution >= 4 is 0 Å². The summed E-state index contributed by atoms with van der Waals surface area (Å²) in [7, 11) is 0. The maximum Gasteiger partial charge on any atom is 0.115 e. The molecule has 0 atom stereocenters. The minimum Gasteiger partial charge on any atom is -0.508 e. The van der Waals surface area contributed by atoms with E-state index in [2.05, 4.69) is 0 Å². The molecule has 0 spiro atoms. The van der Waals surface area contributed by atoms with Crippen LogP contribution in [0.4, 0.5) is 0 Å². The second-order valence-electron chi connectivity index (χ2n) is 9.03. The molecule has 4 N–H and O–H groups in total. The summed E-state index contributed by atoms with van der Waals surface area (Å²) in [6.07, 6.45) is 2.46. The number of phenolic OH excluding ortho intramolecular Hbond substituents is 4. The molecule has 4 aromatic carbocycles. The van der Waals surface area contributed by atoms with E-state index in [1.54, 1.807) is 48.5 Å². The molecule has 1 fully saturated rings. The van der Waals surface area contributed by atoms with E-state index in [1.165, 1.54) is 0 Å². The fourth-order valence-corrected chi connectivity index (χ4v) is 5.56. The molecule has 1 aliphatic carbocycles. The highest BCUT2D eigenvalue weighted by Crippen LogP contribution is 2.58. The van der Waals surface area contributed by atoms with E-state index in [-0.39, 0.29) is 33.8 Å². The van der Waals surface area contributed by atoms with Crippen molar-refractivity contribution in [2.75, 3.05) is 0 Å². The molecule has 4 aromatic rings. The molecular weight excluding hydrogens is 412 g/mol. The molecule has 33 heavy (non-hydrogen) atoms. The topological polar surface area (TPSA) is 80.9 Å². The summed E-state index contributed by atoms with van der Waals surface area (Å²) in [5.41, 5.74) is 3.71. The summed E-state index contributed by atoms with van der Waals surface area (Å²) in [5, 5.41) is 39.7. The van der Waals surface area contributed by atoms with E-state index < -0.39 is 0 Å². The molecular formula is C29H26O4. The average Bonchev–Trinajstić information content (AvgIpc) is 3.24. The van der Waals surface area contributed by atoms with Gasteiger partial charge in [-0.3, -0.25) is 0 Å². The molecule has 0 unspecified atom stereocenters. The number of phenols is 4. The summed E-state index contributed by atoms with van der Waals surface area (Å²) >= 11 is 0. The van der Waals surface area contributed by atoms with Crippen LogP contribution in [0.1, 0.15) is 41.5 Å². The zero-order chi connectivity index (χ0) is 23.1. The molecule has 0 heterocycles. The smallest absolute Gasteiger partial charge is 0.115 e. The van der Waals surface area contributed by atoms with E-state index in [4.69, 9.17) is 0 Å². The van der Waals surface area contributed by atoms with Gasteiger partial charge >= 0.3 is 0 Å². The van der Waals surface area contributed by atoms with Gasteiger partial charge in [-0.2, -0.15) is 0 Å². The van der Waals surface area contributed by atoms with Gasteiger partial charge in [0.25, 0.3) is 0 Å². The zero-order valence-electron chi connectivity index (χ0n) is 18.1. The van der Waals surface area contributed by atoms with E-state index in [0.29, 0.717) is 0 Å². The lowest BCUT2D eigenvalue weighted by Gasteiger charge is -2.36. The number of aromatic hydroxyl groups is 4. The summed E-state index contributed by atoms with van der Waals surface area (Å²) in [6.45, 7) is 0. The Labute approximate surface area is 193 Å². The van der Waals surface area contributed by atoms with Crippen molar-refractivity contribution in [1.29, 1.82) is 0 Å². The summed E-state index contributed by atoms with van der Waals surface area (Å²) < 4.78 is 0. The van der Waals surface area contributed by atoms with Crippen molar-refractivity contribution in [2.45, 2.75) is 30.1 Å². The SMILES string of the molecule is Oc1ccc(C2(c3ccc(O)cc3)CCC(c3ccc(O)cc3)(c3ccc(O)cc3)C2)cc1. The number of hydrogen-bond donors (Lipinski definition) is 4. The van der Waals surface area contributed by atoms with Crippen LogP contribution in [0.15, 0.2) is 97.1 Å². The highest BCUT2D eigenvalue weighted by atomic mass is 16.3. The van der Waals surface area contributed by atoms with Gasteiger partial charge in [0.15, 0.2) is 0 Å². The number of benzene rings is 4. The van der Waals surface area contributed by atoms with Crippen LogP contribution < -0.4 is 0 Å². The molecule has 1 aliphatic rings. The Hall–Kier alpha value is -3.92. The maximum atomic E-state index is 9.92. The molecule has 0 radical (unpaired) electrons. The third kappa shape index (κ3) is 3.58. The van der Waals surface area contributed by atoms with Crippen LogP contribution >= 0.6 is 0 Å². The molecule has 1 saturated carbocycles. The molecule has 0 saturated heterocycles. The van der Waals surface area contributed by atoms with Crippen LogP contribution in [0.2, 0.25) is 0 Å². The van der Waals surface area contributed by atoms with Crippen molar-refractivity contribution < 1.29 is 20.4 Å². The van der Waals surface area contributed by atoms with Crippen LogP contribution in [-0.2, 0) is 10.8 Å². The van der Waals surface area contributed by atoms with Gasteiger partial charge in [-0.15, -0.1) is 0 Å². The van der Waals surface area contributed by atoms with Crippen molar-refractivity contribution in [3.05, 3.63) is 119 Å². The van der Waals surface area contributed by atoms with Gasteiger partial charge in [0.05, 0.1) is 0 Å². The van der Waals surface area contributed by atoms with Crippen LogP contribution in [0.3, 0.4) is 0 Å². The zero-order valence-corrected chi connectivity index (χ0v) is 18.1. The van der Waals surface area contributed by atoms with Crippen LogP contribution in [0, 0.1) is 0 Å². The normalized spacial score (nSPS) is 16.5. The first kappa shape index (κ1) is 21.0. The Bertz CT molecular complexity index is 1050. The minimum absolute atomic E-state index is 0.223. The number of rotatable bonds is 4. The number of hydrogen-bond acceptors (Lipinski definition) is 4. The van der Waals surface area contributed by atoms with E-state index >= 15 is 0 Å². The van der Waals surface area contributed by atoms with Gasteiger partial charge in [-0.1, -0.05) is 48.5 Å². The molecule has 0 amide bonds. The first-order chi connectivity index (χ1) is 15.9. The highest BCUT2D eigenvalue weighted by Gasteiger charge is 2.51. The maximum absolute atomic E-state index is 9.92. The Morgan fingerprint density at radius 1 is 0.364 bits per heavy atom. The third-order valence-corrected chi connectivity index (χ3v) is 7.26. The summed E-state index contributed by atoms with van der Waals surface area (Å²) in [6, 6.07) is 29.6. The molecule has 0 bridgehead atoms. The monoisotopic (exact) mass is 438 g/mol. The van der Waals surface area contributed by atoms with Gasteiger partial charge in [0, 0.05) is 10.8 Å². The van der Waals surface area contributed by atoms with Gasteiger partial charge in [0.2, 0.25) is 0 Å². The van der Waals surface area contributed by atoms with Crippen molar-refractivity contribution in [2.24, 2.45) is 0 Å². The van der Waals surface area contributed by atoms with Crippen molar-refractivity contribution in [1.82, 2.24) is 0 Å². The Morgan fingerprint density at radius 3 is 0.788 bits per heavy atom. The van der Waals surface area contributed by atoms with Gasteiger partial charge in [0.1, 0.15) is 23.0 Å². The first-order valence-corrected chi connectivity index (χ1v) is 11.1. The molecule has 5 rings (SSSR count). The largest absolute Gasteiger partial charge is 0.508 e. The Balaban J connectivity index is 1.72. The summed E-state index contributed by atoms with van der Waals surface area (Å²) in [5.74, 6) is 0.892. The fourth-order valence-electron chi connectivity index (χ4n) is 5.56. The van der Waals surface area contributed by atoms with E-state index in [9.17, 15) is 20.4 Å². The molecule has 0 aromatic heterocycles. The second kappa shape index (κ2) is 7.89. The van der Waals surface area contributed by atoms with Gasteiger partial charge < -0.3 is 20.4 Å². The molecule has 4 heteroatoms. The predicted molar refractivity (Wildman–Crippen MR) is 128 cm³/mol. The van der Waals surface area contributed by atoms with Crippen molar-refractivity contribution in [3.63, 3.8) is 0 Å². The Kier molecular flexibility index (Phi) is 5.01. The lowest BCUT2D eigenvalue weighted by atomic mass is 9.66. The second-order valence-corrected chi connectivity index (χ2v) is 9.03. The fraction of sp³-hybridized carbons (Fsp3) is 0.172. The first-order valence-electron chi connectivity index (χ1n) is 11.1. The minimum atomic E-state index is -0.350. The van der Waals surface area contributed by atoms with E-state index in [1.807, 2.05) is 48.5 Å². The third-order valence-electron chi connectivity index (χ3n) is 7.26. The van der Waals surface area contributed by atoms with Crippen LogP contribution in [0.25, 0.3) is 0 Å². The lowest BCUT2D eigenvalue weighted by molar-refractivity contribution is 0.457. The van der Waals surface area contributed by atoms with Gasteiger partial charge in [-0.05, 0) is 90.0 Å². The van der Waals surface area contributed by atoms with E-state index in [0.717, 1.165) is 41.5 Å². The van der Waals surface area contributed by atoms with Crippen LogP contribution in [-0.4, -0.2) is 20.4 Å². The summed E-state index contributed by atoms with van der Waals surface area (Å²) in [4.78, 5) is 0. The average molecular weight is 439 g/mol. The quantitative estimate of drug-likeness (QED) is 0.317. The Morgan fingerprint density at radius 2 is 0.576 bits per heavy atom. The predicted octanol–water partition coefficient (Wildman–Crippen LogP) is 5.97. The highest BCUT2D eigenvalue weighted by molar-refractivity contribution is 5.51. The molecule has 166 valence electrons. The lowest BCUT2D eigenvalue weighted by Crippen LogP contribution is -2.31.